The minimum absolute atomic E-state index is 0.172. The molecular weight excluding hydrogens is 368 g/mol. The SMILES string of the molecule is CCO/N=C(\C(C)=O)c1ccc(OC/C(=N\OC)c2ccc(Cl)cc2)cc1. The van der Waals surface area contributed by atoms with Gasteiger partial charge in [0.15, 0.2) is 11.5 Å². The van der Waals surface area contributed by atoms with Crippen molar-refractivity contribution in [1.82, 2.24) is 0 Å². The van der Waals surface area contributed by atoms with Gasteiger partial charge in [-0.1, -0.05) is 34.0 Å². The number of carbonyl (C=O) groups is 1. The third kappa shape index (κ3) is 6.11. The van der Waals surface area contributed by atoms with Crippen molar-refractivity contribution < 1.29 is 19.2 Å². The van der Waals surface area contributed by atoms with E-state index in [1.807, 2.05) is 12.1 Å². The van der Waals surface area contributed by atoms with Gasteiger partial charge in [0, 0.05) is 23.1 Å². The zero-order valence-electron chi connectivity index (χ0n) is 15.4. The van der Waals surface area contributed by atoms with Gasteiger partial charge < -0.3 is 14.4 Å². The molecule has 27 heavy (non-hydrogen) atoms. The Morgan fingerprint density at radius 2 is 1.63 bits per heavy atom. The summed E-state index contributed by atoms with van der Waals surface area (Å²) in [5.74, 6) is 0.449. The van der Waals surface area contributed by atoms with Gasteiger partial charge in [0.1, 0.15) is 31.8 Å². The van der Waals surface area contributed by atoms with Crippen molar-refractivity contribution in [3.05, 3.63) is 64.7 Å². The first-order chi connectivity index (χ1) is 13.0. The molecule has 0 aliphatic heterocycles. The van der Waals surface area contributed by atoms with Crippen molar-refractivity contribution in [2.75, 3.05) is 20.3 Å². The summed E-state index contributed by atoms with van der Waals surface area (Å²) < 4.78 is 5.78. The highest BCUT2D eigenvalue weighted by Gasteiger charge is 2.11. The van der Waals surface area contributed by atoms with Crippen LogP contribution in [0.1, 0.15) is 25.0 Å². The second-order valence-corrected chi connectivity index (χ2v) is 5.89. The van der Waals surface area contributed by atoms with E-state index in [-0.39, 0.29) is 18.1 Å². The van der Waals surface area contributed by atoms with Crippen LogP contribution in [0.2, 0.25) is 5.02 Å². The molecule has 0 saturated heterocycles. The molecular formula is C20H21ClN2O4. The molecule has 0 N–H and O–H groups in total. The van der Waals surface area contributed by atoms with Crippen LogP contribution in [0, 0.1) is 0 Å². The van der Waals surface area contributed by atoms with Gasteiger partial charge in [-0.15, -0.1) is 0 Å². The smallest absolute Gasteiger partial charge is 0.182 e. The third-order valence-corrected chi connectivity index (χ3v) is 3.75. The zero-order valence-corrected chi connectivity index (χ0v) is 16.2. The van der Waals surface area contributed by atoms with Crippen molar-refractivity contribution in [2.24, 2.45) is 10.3 Å². The fourth-order valence-corrected chi connectivity index (χ4v) is 2.35. The Kier molecular flexibility index (Phi) is 7.82. The lowest BCUT2D eigenvalue weighted by atomic mass is 10.1. The highest BCUT2D eigenvalue weighted by molar-refractivity contribution is 6.45. The fourth-order valence-electron chi connectivity index (χ4n) is 2.22. The van der Waals surface area contributed by atoms with Gasteiger partial charge in [0.2, 0.25) is 0 Å². The Labute approximate surface area is 163 Å². The second kappa shape index (κ2) is 10.3. The zero-order chi connectivity index (χ0) is 19.6. The van der Waals surface area contributed by atoms with Crippen LogP contribution >= 0.6 is 11.6 Å². The van der Waals surface area contributed by atoms with Crippen LogP contribution in [0.15, 0.2) is 58.8 Å². The van der Waals surface area contributed by atoms with Gasteiger partial charge in [0.05, 0.1) is 0 Å². The summed E-state index contributed by atoms with van der Waals surface area (Å²) in [6.07, 6.45) is 0. The van der Waals surface area contributed by atoms with E-state index < -0.39 is 0 Å². The molecule has 0 fully saturated rings. The summed E-state index contributed by atoms with van der Waals surface area (Å²) >= 11 is 5.92. The molecule has 0 heterocycles. The van der Waals surface area contributed by atoms with Crippen LogP contribution in [0.5, 0.6) is 5.75 Å². The molecule has 0 aromatic heterocycles. The molecule has 0 amide bonds. The highest BCUT2D eigenvalue weighted by atomic mass is 35.5. The molecule has 2 rings (SSSR count). The number of carbonyl (C=O) groups excluding carboxylic acids is 1. The van der Waals surface area contributed by atoms with E-state index in [0.29, 0.717) is 28.7 Å². The predicted molar refractivity (Wildman–Crippen MR) is 106 cm³/mol. The van der Waals surface area contributed by atoms with Crippen LogP contribution in [0.25, 0.3) is 0 Å². The van der Waals surface area contributed by atoms with Crippen molar-refractivity contribution in [3.63, 3.8) is 0 Å². The summed E-state index contributed by atoms with van der Waals surface area (Å²) in [6.45, 7) is 3.85. The molecule has 142 valence electrons. The number of hydrogen-bond donors (Lipinski definition) is 0. The predicted octanol–water partition coefficient (Wildman–Crippen LogP) is 4.10. The Bertz CT molecular complexity index is 815. The molecule has 0 spiro atoms. The normalized spacial score (nSPS) is 11.9. The maximum atomic E-state index is 11.7. The molecule has 0 aliphatic carbocycles. The first-order valence-electron chi connectivity index (χ1n) is 8.35. The number of benzene rings is 2. The van der Waals surface area contributed by atoms with Gasteiger partial charge in [-0.3, -0.25) is 4.79 Å². The second-order valence-electron chi connectivity index (χ2n) is 5.45. The Morgan fingerprint density at radius 3 is 2.19 bits per heavy atom. The number of oxime groups is 2. The molecule has 2 aromatic rings. The number of hydrogen-bond acceptors (Lipinski definition) is 6. The monoisotopic (exact) mass is 388 g/mol. The van der Waals surface area contributed by atoms with Gasteiger partial charge in [-0.2, -0.15) is 0 Å². The van der Waals surface area contributed by atoms with Crippen LogP contribution in [0.4, 0.5) is 0 Å². The van der Waals surface area contributed by atoms with E-state index >= 15 is 0 Å². The third-order valence-electron chi connectivity index (χ3n) is 3.50. The van der Waals surface area contributed by atoms with E-state index in [0.717, 1.165) is 5.56 Å². The number of rotatable bonds is 9. The quantitative estimate of drug-likeness (QED) is 0.479. The number of Topliss-reactive ketones (excluding diaryl/α,β-unsaturated/α-hetero) is 1. The average Bonchev–Trinajstić information content (AvgIpc) is 2.67. The molecule has 0 saturated carbocycles. The van der Waals surface area contributed by atoms with Crippen LogP contribution in [0.3, 0.4) is 0 Å². The lowest BCUT2D eigenvalue weighted by Gasteiger charge is -2.10. The molecule has 6 nitrogen and oxygen atoms in total. The van der Waals surface area contributed by atoms with E-state index in [9.17, 15) is 4.79 Å². The average molecular weight is 389 g/mol. The maximum absolute atomic E-state index is 11.7. The fraction of sp³-hybridized carbons (Fsp3) is 0.250. The van der Waals surface area contributed by atoms with E-state index in [4.69, 9.17) is 26.0 Å². The van der Waals surface area contributed by atoms with Crippen molar-refractivity contribution >= 4 is 28.8 Å². The van der Waals surface area contributed by atoms with E-state index in [2.05, 4.69) is 10.3 Å². The number of nitrogens with zero attached hydrogens (tertiary/aromatic N) is 2. The van der Waals surface area contributed by atoms with Crippen molar-refractivity contribution in [2.45, 2.75) is 13.8 Å². The summed E-state index contributed by atoms with van der Waals surface area (Å²) in [4.78, 5) is 21.6. The topological polar surface area (TPSA) is 69.5 Å². The molecule has 0 unspecified atom stereocenters. The summed E-state index contributed by atoms with van der Waals surface area (Å²) in [5, 5.41) is 8.52. The first-order valence-corrected chi connectivity index (χ1v) is 8.73. The Hall–Kier alpha value is -2.86. The number of halogens is 1. The summed E-state index contributed by atoms with van der Waals surface area (Å²) in [7, 11) is 1.48. The van der Waals surface area contributed by atoms with Crippen molar-refractivity contribution in [3.8, 4) is 5.75 Å². The van der Waals surface area contributed by atoms with E-state index in [1.165, 1.54) is 14.0 Å². The minimum atomic E-state index is -0.172. The van der Waals surface area contributed by atoms with Crippen LogP contribution < -0.4 is 4.74 Å². The number of ether oxygens (including phenoxy) is 1. The molecule has 7 heteroatoms. The van der Waals surface area contributed by atoms with E-state index in [1.54, 1.807) is 43.3 Å². The van der Waals surface area contributed by atoms with Gasteiger partial charge in [-0.25, -0.2) is 0 Å². The lowest BCUT2D eigenvalue weighted by molar-refractivity contribution is -0.111. The van der Waals surface area contributed by atoms with Gasteiger partial charge in [-0.05, 0) is 43.3 Å². The van der Waals surface area contributed by atoms with Crippen LogP contribution in [-0.2, 0) is 14.5 Å². The maximum Gasteiger partial charge on any atom is 0.182 e. The van der Waals surface area contributed by atoms with Crippen LogP contribution in [-0.4, -0.2) is 37.5 Å². The molecule has 0 aliphatic rings. The number of ketones is 1. The standard InChI is InChI=1S/C20H21ClN2O4/c1-4-27-23-20(14(2)24)16-7-11-18(12-8-16)26-13-19(22-25-3)15-5-9-17(21)10-6-15/h5-12H,4,13H2,1-3H3/b22-19+,23-20+. The van der Waals surface area contributed by atoms with Gasteiger partial charge in [0.25, 0.3) is 0 Å². The lowest BCUT2D eigenvalue weighted by Crippen LogP contribution is -2.14. The van der Waals surface area contributed by atoms with Gasteiger partial charge >= 0.3 is 0 Å². The summed E-state index contributed by atoms with van der Waals surface area (Å²) in [6, 6.07) is 14.3. The molecule has 0 atom stereocenters. The largest absolute Gasteiger partial charge is 0.487 e. The molecule has 0 radical (unpaired) electrons. The Morgan fingerprint density at radius 1 is 1.00 bits per heavy atom. The Balaban J connectivity index is 2.09. The first kappa shape index (κ1) is 20.5. The highest BCUT2D eigenvalue weighted by Crippen LogP contribution is 2.15. The summed E-state index contributed by atoms with van der Waals surface area (Å²) in [5.41, 5.74) is 2.40. The van der Waals surface area contributed by atoms with Crippen molar-refractivity contribution in [1.29, 1.82) is 0 Å². The molecule has 2 aromatic carbocycles. The minimum Gasteiger partial charge on any atom is -0.487 e. The molecule has 0 bridgehead atoms.